The molecule has 0 radical (unpaired) electrons. The van der Waals surface area contributed by atoms with Crippen molar-refractivity contribution in [3.63, 3.8) is 0 Å². The van der Waals surface area contributed by atoms with Crippen LogP contribution < -0.4 is 14.2 Å². The van der Waals surface area contributed by atoms with Gasteiger partial charge in [-0.3, -0.25) is 0 Å². The number of aliphatic carboxylic acids is 2. The van der Waals surface area contributed by atoms with Crippen LogP contribution in [0, 0.1) is 17.6 Å². The molecule has 1 aliphatic rings. The van der Waals surface area contributed by atoms with Gasteiger partial charge in [0, 0.05) is 18.5 Å². The zero-order valence-corrected chi connectivity index (χ0v) is 23.1. The first kappa shape index (κ1) is 31.3. The Hall–Kier alpha value is -4.18. The van der Waals surface area contributed by atoms with Gasteiger partial charge in [-0.05, 0) is 85.8 Å². The molecular weight excluding hydrogens is 536 g/mol. The van der Waals surface area contributed by atoms with Crippen LogP contribution in [0.1, 0.15) is 36.3 Å². The van der Waals surface area contributed by atoms with Gasteiger partial charge in [0.1, 0.15) is 17.4 Å². The molecule has 1 aliphatic heterocycles. The second kappa shape index (κ2) is 15.6. The zero-order chi connectivity index (χ0) is 29.8. The van der Waals surface area contributed by atoms with Crippen molar-refractivity contribution in [2.24, 2.45) is 5.92 Å². The number of carbonyl (C=O) groups is 2. The van der Waals surface area contributed by atoms with E-state index in [4.69, 9.17) is 34.0 Å². The van der Waals surface area contributed by atoms with E-state index in [1.165, 1.54) is 24.3 Å². The highest BCUT2D eigenvalue weighted by molar-refractivity contribution is 6.27. The van der Waals surface area contributed by atoms with Gasteiger partial charge in [0.05, 0.1) is 20.8 Å². The minimum absolute atomic E-state index is 0.131. The van der Waals surface area contributed by atoms with Crippen LogP contribution in [0.25, 0.3) is 0 Å². The Kier molecular flexibility index (Phi) is 11.9. The van der Waals surface area contributed by atoms with Crippen LogP contribution >= 0.6 is 0 Å². The van der Waals surface area contributed by atoms with Gasteiger partial charge in [0.2, 0.25) is 0 Å². The van der Waals surface area contributed by atoms with E-state index in [1.54, 1.807) is 14.2 Å². The molecule has 2 N–H and O–H groups in total. The van der Waals surface area contributed by atoms with E-state index in [1.807, 2.05) is 42.5 Å². The Morgan fingerprint density at radius 3 is 1.80 bits per heavy atom. The van der Waals surface area contributed by atoms with Crippen molar-refractivity contribution >= 4 is 11.9 Å². The summed E-state index contributed by atoms with van der Waals surface area (Å²) in [5.74, 6) is -1.47. The van der Waals surface area contributed by atoms with Crippen molar-refractivity contribution in [3.05, 3.63) is 89.5 Å². The minimum atomic E-state index is -1.82. The Bertz CT molecular complexity index is 1200. The first-order valence-corrected chi connectivity index (χ1v) is 13.3. The topological polar surface area (TPSA) is 106 Å². The normalized spacial score (nSPS) is 13.7. The summed E-state index contributed by atoms with van der Waals surface area (Å²) < 4.78 is 43.6. The summed E-state index contributed by atoms with van der Waals surface area (Å²) in [6.07, 6.45) is 3.00. The molecule has 41 heavy (non-hydrogen) atoms. The highest BCUT2D eigenvalue weighted by atomic mass is 19.1. The number of methoxy groups -OCH3 is 2. The SMILES string of the molecule is COc1ccc(OCCCN2CCC(C(c3ccc(F)cc3)c3ccc(F)cc3)CC2)cc1OC.O=C(O)C(=O)O. The number of carboxylic acid groups (broad SMARTS) is 2. The Morgan fingerprint density at radius 1 is 0.829 bits per heavy atom. The average molecular weight is 572 g/mol. The number of halogens is 2. The number of benzene rings is 3. The lowest BCUT2D eigenvalue weighted by atomic mass is 9.76. The van der Waals surface area contributed by atoms with Gasteiger partial charge in [-0.25, -0.2) is 18.4 Å². The summed E-state index contributed by atoms with van der Waals surface area (Å²) in [7, 11) is 3.23. The molecule has 1 fully saturated rings. The van der Waals surface area contributed by atoms with E-state index in [-0.39, 0.29) is 17.6 Å². The molecule has 3 aromatic rings. The van der Waals surface area contributed by atoms with E-state index in [0.29, 0.717) is 24.0 Å². The van der Waals surface area contributed by atoms with Crippen LogP contribution in [0.2, 0.25) is 0 Å². The molecule has 0 aliphatic carbocycles. The highest BCUT2D eigenvalue weighted by Crippen LogP contribution is 2.38. The highest BCUT2D eigenvalue weighted by Gasteiger charge is 2.29. The lowest BCUT2D eigenvalue weighted by Gasteiger charge is -2.36. The zero-order valence-electron chi connectivity index (χ0n) is 23.1. The van der Waals surface area contributed by atoms with Gasteiger partial charge < -0.3 is 29.3 Å². The van der Waals surface area contributed by atoms with Crippen LogP contribution in [0.15, 0.2) is 66.7 Å². The van der Waals surface area contributed by atoms with Crippen molar-refractivity contribution < 1.29 is 42.8 Å². The summed E-state index contributed by atoms with van der Waals surface area (Å²) in [6.45, 7) is 3.60. The molecule has 0 aromatic heterocycles. The third kappa shape index (κ3) is 9.46. The fourth-order valence-corrected chi connectivity index (χ4v) is 4.97. The molecule has 0 amide bonds. The summed E-state index contributed by atoms with van der Waals surface area (Å²) in [5.41, 5.74) is 2.17. The van der Waals surface area contributed by atoms with Crippen molar-refractivity contribution in [3.8, 4) is 17.2 Å². The van der Waals surface area contributed by atoms with Crippen LogP contribution in [0.5, 0.6) is 17.2 Å². The van der Waals surface area contributed by atoms with Gasteiger partial charge in [-0.15, -0.1) is 0 Å². The third-order valence-corrected chi connectivity index (χ3v) is 6.99. The molecule has 10 heteroatoms. The van der Waals surface area contributed by atoms with E-state index in [2.05, 4.69) is 4.90 Å². The molecule has 3 aromatic carbocycles. The lowest BCUT2D eigenvalue weighted by Crippen LogP contribution is -2.36. The fourth-order valence-electron chi connectivity index (χ4n) is 4.97. The van der Waals surface area contributed by atoms with E-state index >= 15 is 0 Å². The smallest absolute Gasteiger partial charge is 0.414 e. The van der Waals surface area contributed by atoms with E-state index in [9.17, 15) is 8.78 Å². The molecule has 0 bridgehead atoms. The maximum absolute atomic E-state index is 13.5. The number of hydrogen-bond acceptors (Lipinski definition) is 6. The second-order valence-corrected chi connectivity index (χ2v) is 9.59. The van der Waals surface area contributed by atoms with Gasteiger partial charge in [0.15, 0.2) is 11.5 Å². The summed E-state index contributed by atoms with van der Waals surface area (Å²) in [6, 6.07) is 19.1. The number of hydrogen-bond donors (Lipinski definition) is 2. The largest absolute Gasteiger partial charge is 0.493 e. The first-order chi connectivity index (χ1) is 19.7. The van der Waals surface area contributed by atoms with Crippen molar-refractivity contribution in [2.75, 3.05) is 40.5 Å². The predicted molar refractivity (Wildman–Crippen MR) is 149 cm³/mol. The molecule has 0 saturated carbocycles. The van der Waals surface area contributed by atoms with Gasteiger partial charge >= 0.3 is 11.9 Å². The molecule has 8 nitrogen and oxygen atoms in total. The molecule has 0 spiro atoms. The third-order valence-electron chi connectivity index (χ3n) is 6.99. The van der Waals surface area contributed by atoms with Gasteiger partial charge in [0.25, 0.3) is 0 Å². The summed E-state index contributed by atoms with van der Waals surface area (Å²) >= 11 is 0. The Morgan fingerprint density at radius 2 is 1.34 bits per heavy atom. The van der Waals surface area contributed by atoms with Crippen LogP contribution in [0.4, 0.5) is 8.78 Å². The molecule has 4 rings (SSSR count). The number of ether oxygens (including phenoxy) is 3. The predicted octanol–water partition coefficient (Wildman–Crippen LogP) is 5.45. The number of likely N-dealkylation sites (tertiary alicyclic amines) is 1. The minimum Gasteiger partial charge on any atom is -0.493 e. The Balaban J connectivity index is 0.000000696. The molecular formula is C31H35F2NO7. The van der Waals surface area contributed by atoms with Crippen molar-refractivity contribution in [1.82, 2.24) is 4.90 Å². The monoisotopic (exact) mass is 571 g/mol. The maximum Gasteiger partial charge on any atom is 0.414 e. The fraction of sp³-hybridized carbons (Fsp3) is 0.355. The van der Waals surface area contributed by atoms with Crippen LogP contribution in [0.3, 0.4) is 0 Å². The number of nitrogens with zero attached hydrogens (tertiary/aromatic N) is 1. The first-order valence-electron chi connectivity index (χ1n) is 13.3. The van der Waals surface area contributed by atoms with Crippen LogP contribution in [-0.4, -0.2) is 67.5 Å². The molecule has 1 saturated heterocycles. The molecule has 1 heterocycles. The Labute approximate surface area is 238 Å². The van der Waals surface area contributed by atoms with Crippen molar-refractivity contribution in [1.29, 1.82) is 0 Å². The summed E-state index contributed by atoms with van der Waals surface area (Å²) in [5, 5.41) is 14.8. The van der Waals surface area contributed by atoms with Crippen LogP contribution in [-0.2, 0) is 9.59 Å². The number of rotatable bonds is 10. The molecule has 220 valence electrons. The van der Waals surface area contributed by atoms with Crippen molar-refractivity contribution in [2.45, 2.75) is 25.2 Å². The van der Waals surface area contributed by atoms with Gasteiger partial charge in [-0.1, -0.05) is 24.3 Å². The standard InChI is InChI=1S/C29H33F2NO3.C2H2O4/c1-33-27-13-12-26(20-28(27)34-2)35-19-3-16-32-17-14-23(15-18-32)29(21-4-8-24(30)9-5-21)22-6-10-25(31)11-7-22;3-1(4)2(5)6/h4-13,20,23,29H,3,14-19H2,1-2H3;(H,3,4)(H,5,6). The second-order valence-electron chi connectivity index (χ2n) is 9.59. The molecule has 0 unspecified atom stereocenters. The quantitative estimate of drug-likeness (QED) is 0.245. The van der Waals surface area contributed by atoms with Gasteiger partial charge in [-0.2, -0.15) is 0 Å². The lowest BCUT2D eigenvalue weighted by molar-refractivity contribution is -0.159. The van der Waals surface area contributed by atoms with E-state index < -0.39 is 11.9 Å². The number of carboxylic acids is 2. The number of piperidine rings is 1. The maximum atomic E-state index is 13.5. The average Bonchev–Trinajstić information content (AvgIpc) is 2.98. The molecule has 0 atom stereocenters. The van der Waals surface area contributed by atoms with E-state index in [0.717, 1.165) is 55.8 Å². The summed E-state index contributed by atoms with van der Waals surface area (Å²) in [4.78, 5) is 20.7.